The van der Waals surface area contributed by atoms with Gasteiger partial charge >= 0.3 is 0 Å². The largest absolute Gasteiger partial charge is 0.459 e. The minimum atomic E-state index is -1.49. The molecule has 0 aromatic heterocycles. The van der Waals surface area contributed by atoms with E-state index in [9.17, 15) is 10.2 Å². The van der Waals surface area contributed by atoms with Crippen molar-refractivity contribution in [3.05, 3.63) is 29.8 Å². The molecule has 1 aromatic rings. The Hall–Kier alpha value is -1.10. The molecule has 1 saturated heterocycles. The van der Waals surface area contributed by atoms with Gasteiger partial charge in [-0.3, -0.25) is 4.90 Å². The fourth-order valence-electron chi connectivity index (χ4n) is 2.89. The molecule has 2 aliphatic heterocycles. The van der Waals surface area contributed by atoms with Crippen molar-refractivity contribution in [3.8, 4) is 5.75 Å². The van der Waals surface area contributed by atoms with Gasteiger partial charge in [-0.2, -0.15) is 0 Å². The van der Waals surface area contributed by atoms with E-state index in [1.165, 1.54) is 0 Å². The molecule has 92 valence electrons. The number of piperidine rings is 1. The highest BCUT2D eigenvalue weighted by Gasteiger charge is 2.57. The Kier molecular flexibility index (Phi) is 2.09. The van der Waals surface area contributed by atoms with Crippen LogP contribution >= 0.6 is 0 Å². The van der Waals surface area contributed by atoms with Crippen LogP contribution in [0.2, 0.25) is 0 Å². The van der Waals surface area contributed by atoms with Gasteiger partial charge in [0.2, 0.25) is 5.79 Å². The Morgan fingerprint density at radius 2 is 2.06 bits per heavy atom. The van der Waals surface area contributed by atoms with Crippen molar-refractivity contribution in [1.29, 1.82) is 0 Å². The van der Waals surface area contributed by atoms with Crippen molar-refractivity contribution in [2.24, 2.45) is 0 Å². The molecule has 0 saturated carbocycles. The number of fused-ring (bicyclic) bond motifs is 4. The van der Waals surface area contributed by atoms with Gasteiger partial charge in [0, 0.05) is 24.6 Å². The average Bonchev–Trinajstić information content (AvgIpc) is 2.25. The fraction of sp³-hybridized carbons (Fsp3) is 0.538. The van der Waals surface area contributed by atoms with Gasteiger partial charge in [0.1, 0.15) is 11.4 Å². The number of likely N-dealkylation sites (N-methyl/N-ethyl adjacent to an activating group) is 1. The predicted molar refractivity (Wildman–Crippen MR) is 62.6 cm³/mol. The molecule has 2 heterocycles. The lowest BCUT2D eigenvalue weighted by Crippen LogP contribution is -2.67. The molecule has 0 aliphatic carbocycles. The van der Waals surface area contributed by atoms with Crippen LogP contribution in [-0.2, 0) is 0 Å². The van der Waals surface area contributed by atoms with E-state index in [-0.39, 0.29) is 6.04 Å². The second kappa shape index (κ2) is 3.22. The van der Waals surface area contributed by atoms with Crippen LogP contribution in [0, 0.1) is 0 Å². The van der Waals surface area contributed by atoms with Crippen LogP contribution < -0.4 is 4.74 Å². The second-order valence-corrected chi connectivity index (χ2v) is 5.33. The topological polar surface area (TPSA) is 52.9 Å². The molecule has 2 N–H and O–H groups in total. The molecule has 1 fully saturated rings. The Morgan fingerprint density at radius 3 is 2.82 bits per heavy atom. The van der Waals surface area contributed by atoms with E-state index in [0.717, 1.165) is 5.56 Å². The molecule has 4 nitrogen and oxygen atoms in total. The van der Waals surface area contributed by atoms with Gasteiger partial charge in [0.05, 0.1) is 0 Å². The Labute approximate surface area is 100 Å². The maximum absolute atomic E-state index is 10.5. The average molecular weight is 235 g/mol. The minimum Gasteiger partial charge on any atom is -0.459 e. The Bertz CT molecular complexity index is 460. The summed E-state index contributed by atoms with van der Waals surface area (Å²) in [6, 6.07) is 7.79. The van der Waals surface area contributed by atoms with Crippen molar-refractivity contribution < 1.29 is 14.9 Å². The Balaban J connectivity index is 2.13. The summed E-state index contributed by atoms with van der Waals surface area (Å²) >= 11 is 0. The van der Waals surface area contributed by atoms with Crippen molar-refractivity contribution in [3.63, 3.8) is 0 Å². The van der Waals surface area contributed by atoms with Crippen LogP contribution in [0.5, 0.6) is 5.75 Å². The summed E-state index contributed by atoms with van der Waals surface area (Å²) in [5.74, 6) is -0.823. The van der Waals surface area contributed by atoms with Gasteiger partial charge in [0.25, 0.3) is 0 Å². The van der Waals surface area contributed by atoms with E-state index in [1.54, 1.807) is 6.92 Å². The molecule has 0 spiro atoms. The number of para-hydroxylation sites is 1. The standard InChI is InChI=1S/C13H17NO3/c1-12(15)8-14(2)10-7-13(12,16)17-11-6-4-3-5-9(10)11/h3-6,10,15-16H,7-8H2,1-2H3. The van der Waals surface area contributed by atoms with Crippen LogP contribution in [0.3, 0.4) is 0 Å². The number of rotatable bonds is 0. The number of β-amino-alcohol motifs (C(OH)–C–C–N with tert-alkyl or cyclic N) is 1. The van der Waals surface area contributed by atoms with Crippen LogP contribution in [-0.4, -0.2) is 40.1 Å². The van der Waals surface area contributed by atoms with Crippen LogP contribution in [0.15, 0.2) is 24.3 Å². The van der Waals surface area contributed by atoms with Gasteiger partial charge in [-0.05, 0) is 20.0 Å². The van der Waals surface area contributed by atoms with E-state index in [2.05, 4.69) is 4.90 Å². The SMILES string of the molecule is CN1CC(C)(O)C2(O)CC1c1ccccc1O2. The third-order valence-corrected chi connectivity index (χ3v) is 3.96. The van der Waals surface area contributed by atoms with Gasteiger partial charge in [-0.15, -0.1) is 0 Å². The van der Waals surface area contributed by atoms with Gasteiger partial charge < -0.3 is 14.9 Å². The summed E-state index contributed by atoms with van der Waals surface area (Å²) in [7, 11) is 1.96. The van der Waals surface area contributed by atoms with Gasteiger partial charge in [-0.1, -0.05) is 18.2 Å². The molecule has 3 rings (SSSR count). The maximum Gasteiger partial charge on any atom is 0.239 e. The lowest BCUT2D eigenvalue weighted by Gasteiger charge is -2.53. The molecule has 2 aliphatic rings. The zero-order valence-corrected chi connectivity index (χ0v) is 10.1. The molecule has 17 heavy (non-hydrogen) atoms. The third-order valence-electron chi connectivity index (χ3n) is 3.96. The van der Waals surface area contributed by atoms with Crippen molar-refractivity contribution >= 4 is 0 Å². The molecule has 2 bridgehead atoms. The highest BCUT2D eigenvalue weighted by molar-refractivity contribution is 5.40. The van der Waals surface area contributed by atoms with E-state index < -0.39 is 11.4 Å². The molecule has 4 heteroatoms. The molecule has 3 atom stereocenters. The molecule has 0 radical (unpaired) electrons. The minimum absolute atomic E-state index is 0.102. The lowest BCUT2D eigenvalue weighted by atomic mass is 9.79. The van der Waals surface area contributed by atoms with E-state index in [4.69, 9.17) is 4.74 Å². The molecular formula is C13H17NO3. The van der Waals surface area contributed by atoms with Crippen molar-refractivity contribution in [1.82, 2.24) is 4.90 Å². The second-order valence-electron chi connectivity index (χ2n) is 5.33. The van der Waals surface area contributed by atoms with Gasteiger partial charge in [-0.25, -0.2) is 0 Å². The zero-order valence-electron chi connectivity index (χ0n) is 10.1. The first kappa shape index (κ1) is 11.0. The fourth-order valence-corrected chi connectivity index (χ4v) is 2.89. The van der Waals surface area contributed by atoms with Crippen LogP contribution in [0.25, 0.3) is 0 Å². The summed E-state index contributed by atoms with van der Waals surface area (Å²) in [5, 5.41) is 20.8. The highest BCUT2D eigenvalue weighted by Crippen LogP contribution is 2.48. The van der Waals surface area contributed by atoms with E-state index in [1.807, 2.05) is 31.3 Å². The number of nitrogens with zero attached hydrogens (tertiary/aromatic N) is 1. The van der Waals surface area contributed by atoms with Gasteiger partial charge in [0.15, 0.2) is 0 Å². The smallest absolute Gasteiger partial charge is 0.239 e. The number of hydrogen-bond donors (Lipinski definition) is 2. The summed E-state index contributed by atoms with van der Waals surface area (Å²) in [6.07, 6.45) is 0.396. The maximum atomic E-state index is 10.5. The number of benzene rings is 1. The number of aliphatic hydroxyl groups is 2. The molecule has 0 amide bonds. The quantitative estimate of drug-likeness (QED) is 0.701. The molecular weight excluding hydrogens is 218 g/mol. The number of likely N-dealkylation sites (tertiary alicyclic amines) is 1. The zero-order chi connectivity index (χ0) is 12.3. The first-order valence-corrected chi connectivity index (χ1v) is 5.86. The monoisotopic (exact) mass is 235 g/mol. The first-order chi connectivity index (χ1) is 7.93. The number of ether oxygens (including phenoxy) is 1. The summed E-state index contributed by atoms with van der Waals surface area (Å²) in [5.41, 5.74) is -0.179. The number of hydrogen-bond acceptors (Lipinski definition) is 4. The Morgan fingerprint density at radius 1 is 1.35 bits per heavy atom. The predicted octanol–water partition coefficient (Wildman–Crippen LogP) is 0.895. The van der Waals surface area contributed by atoms with Crippen molar-refractivity contribution in [2.45, 2.75) is 30.8 Å². The van der Waals surface area contributed by atoms with E-state index >= 15 is 0 Å². The summed E-state index contributed by atoms with van der Waals surface area (Å²) < 4.78 is 5.63. The molecule has 1 aromatic carbocycles. The van der Waals surface area contributed by atoms with E-state index in [0.29, 0.717) is 18.7 Å². The molecule has 3 unspecified atom stereocenters. The van der Waals surface area contributed by atoms with Crippen molar-refractivity contribution in [2.75, 3.05) is 13.6 Å². The summed E-state index contributed by atoms with van der Waals surface area (Å²) in [6.45, 7) is 2.01. The van der Waals surface area contributed by atoms with Crippen LogP contribution in [0.1, 0.15) is 24.9 Å². The summed E-state index contributed by atoms with van der Waals surface area (Å²) in [4.78, 5) is 2.07. The lowest BCUT2D eigenvalue weighted by molar-refractivity contribution is -0.292. The first-order valence-electron chi connectivity index (χ1n) is 5.86. The highest BCUT2D eigenvalue weighted by atomic mass is 16.6. The normalized spacial score (nSPS) is 40.6. The van der Waals surface area contributed by atoms with Crippen LogP contribution in [0.4, 0.5) is 0 Å². The third kappa shape index (κ3) is 1.41.